The molecule has 0 unspecified atom stereocenters. The van der Waals surface area contributed by atoms with E-state index in [2.05, 4.69) is 148 Å². The van der Waals surface area contributed by atoms with E-state index in [0.717, 1.165) is 105 Å². The van der Waals surface area contributed by atoms with Gasteiger partial charge in [0.1, 0.15) is 12.4 Å². The van der Waals surface area contributed by atoms with Crippen molar-refractivity contribution in [2.75, 3.05) is 24.7 Å². The van der Waals surface area contributed by atoms with Gasteiger partial charge in [-0.3, -0.25) is 0 Å². The lowest BCUT2D eigenvalue weighted by Crippen LogP contribution is -2.01. The van der Waals surface area contributed by atoms with E-state index in [4.69, 9.17) is 14.2 Å². The molecule has 0 fully saturated rings. The van der Waals surface area contributed by atoms with Crippen LogP contribution in [0.15, 0.2) is 132 Å². The van der Waals surface area contributed by atoms with Gasteiger partial charge < -0.3 is 14.2 Å². The van der Waals surface area contributed by atoms with Gasteiger partial charge in [0.2, 0.25) is 0 Å². The summed E-state index contributed by atoms with van der Waals surface area (Å²) in [4.78, 5) is 24.6. The number of benzene rings is 5. The molecule has 0 saturated carbocycles. The van der Waals surface area contributed by atoms with Crippen molar-refractivity contribution in [2.24, 2.45) is 0 Å². The molecule has 0 radical (unpaired) electrons. The third-order valence-electron chi connectivity index (χ3n) is 9.16. The molecule has 0 aliphatic heterocycles. The molecule has 0 N–H and O–H groups in total. The number of carbonyl (C=O) groups excluding carboxylic acids is 2. The average molecular weight is 807 g/mol. The van der Waals surface area contributed by atoms with Crippen LogP contribution in [-0.2, 0) is 25.7 Å². The fraction of sp³-hybridized carbons (Fsp3) is 0.255. The summed E-state index contributed by atoms with van der Waals surface area (Å²) in [5.41, 5.74) is 7.17. The third kappa shape index (κ3) is 14.7. The van der Waals surface area contributed by atoms with Gasteiger partial charge in [-0.15, -0.1) is 23.5 Å². The van der Waals surface area contributed by atoms with Gasteiger partial charge in [0.25, 0.3) is 0 Å². The molecule has 5 aromatic rings. The molecular weight excluding hydrogens is 757 g/mol. The number of esters is 2. The minimum Gasteiger partial charge on any atom is -0.489 e. The topological polar surface area (TPSA) is 61.8 Å². The number of carbonyl (C=O) groups is 2. The standard InChI is InChI=1S/C51H50O5S2/c1-5-50(52)54-29-9-7-11-31-57-47-25-18-40(19-26-47)13-14-42-16-23-46-36-43(17-24-45(46)35-42)37-56-49-34-38(3)44(33-39(49)4)22-15-41-20-27-48(28-21-41)58-32-12-8-10-30-55-51(53)6-2/h5-6,16-21,23-28,33-36H,1-2,7-12,29-32,37H2,3-4H3. The van der Waals surface area contributed by atoms with Crippen LogP contribution in [0, 0.1) is 37.5 Å². The number of unbranched alkanes of at least 4 members (excludes halogenated alkanes) is 4. The lowest BCUT2D eigenvalue weighted by atomic mass is 10.0. The largest absolute Gasteiger partial charge is 0.489 e. The highest BCUT2D eigenvalue weighted by Gasteiger charge is 2.07. The summed E-state index contributed by atoms with van der Waals surface area (Å²) in [5, 5.41) is 2.29. The summed E-state index contributed by atoms with van der Waals surface area (Å²) in [7, 11) is 0. The zero-order chi connectivity index (χ0) is 41.0. The van der Waals surface area contributed by atoms with Crippen LogP contribution in [0.25, 0.3) is 10.8 Å². The molecule has 0 saturated heterocycles. The smallest absolute Gasteiger partial charge is 0.330 e. The summed E-state index contributed by atoms with van der Waals surface area (Å²) in [6, 6.07) is 33.7. The first-order chi connectivity index (χ1) is 28.3. The molecule has 5 nitrogen and oxygen atoms in total. The minimum absolute atomic E-state index is 0.357. The number of hydrogen-bond donors (Lipinski definition) is 0. The van der Waals surface area contributed by atoms with E-state index in [9.17, 15) is 9.59 Å². The van der Waals surface area contributed by atoms with Crippen molar-refractivity contribution in [3.8, 4) is 29.4 Å². The number of ether oxygens (including phenoxy) is 3. The second-order valence-corrected chi connectivity index (χ2v) is 16.1. The lowest BCUT2D eigenvalue weighted by molar-refractivity contribution is -0.138. The molecule has 0 heterocycles. The zero-order valence-corrected chi connectivity index (χ0v) is 35.1. The normalized spacial score (nSPS) is 10.4. The Labute approximate surface area is 352 Å². The maximum atomic E-state index is 11.1. The third-order valence-corrected chi connectivity index (χ3v) is 11.4. The Hall–Kier alpha value is -5.60. The fourth-order valence-electron chi connectivity index (χ4n) is 5.86. The number of thioether (sulfide) groups is 2. The minimum atomic E-state index is -0.358. The van der Waals surface area contributed by atoms with E-state index in [1.165, 1.54) is 21.9 Å². The quantitative estimate of drug-likeness (QED) is 0.0271. The van der Waals surface area contributed by atoms with E-state index < -0.39 is 0 Å². The lowest BCUT2D eigenvalue weighted by Gasteiger charge is -2.12. The molecule has 0 aromatic heterocycles. The van der Waals surface area contributed by atoms with Crippen LogP contribution >= 0.6 is 23.5 Å². The van der Waals surface area contributed by atoms with Gasteiger partial charge in [0.15, 0.2) is 0 Å². The summed E-state index contributed by atoms with van der Waals surface area (Å²) in [6.45, 7) is 12.3. The van der Waals surface area contributed by atoms with Gasteiger partial charge >= 0.3 is 11.9 Å². The van der Waals surface area contributed by atoms with Crippen molar-refractivity contribution < 1.29 is 23.8 Å². The molecule has 0 amide bonds. The SMILES string of the molecule is C=CC(=O)OCCCCCSc1ccc(C#Cc2ccc3cc(COc4cc(C)c(C#Cc5ccc(SCCCCCOC(=O)C=C)cc5)cc4C)ccc3c2)cc1. The van der Waals surface area contributed by atoms with Crippen molar-refractivity contribution in [3.05, 3.63) is 161 Å². The zero-order valence-electron chi connectivity index (χ0n) is 33.4. The van der Waals surface area contributed by atoms with E-state index >= 15 is 0 Å². The molecule has 0 bridgehead atoms. The number of fused-ring (bicyclic) bond motifs is 1. The molecule has 0 aliphatic carbocycles. The first-order valence-electron chi connectivity index (χ1n) is 19.6. The molecule has 5 aromatic carbocycles. The van der Waals surface area contributed by atoms with Gasteiger partial charge in [0.05, 0.1) is 13.2 Å². The molecule has 296 valence electrons. The summed E-state index contributed by atoms with van der Waals surface area (Å²) >= 11 is 3.66. The summed E-state index contributed by atoms with van der Waals surface area (Å²) < 4.78 is 16.4. The predicted molar refractivity (Wildman–Crippen MR) is 241 cm³/mol. The van der Waals surface area contributed by atoms with Gasteiger partial charge in [-0.1, -0.05) is 55.0 Å². The van der Waals surface area contributed by atoms with Gasteiger partial charge in [-0.05, 0) is 170 Å². The van der Waals surface area contributed by atoms with E-state index in [-0.39, 0.29) is 11.9 Å². The number of hydrogen-bond acceptors (Lipinski definition) is 7. The Balaban J connectivity index is 1.06. The summed E-state index contributed by atoms with van der Waals surface area (Å²) in [5.74, 6) is 15.5. The maximum absolute atomic E-state index is 11.1. The summed E-state index contributed by atoms with van der Waals surface area (Å²) in [6.07, 6.45) is 8.31. The molecule has 58 heavy (non-hydrogen) atoms. The van der Waals surface area contributed by atoms with Crippen molar-refractivity contribution in [1.82, 2.24) is 0 Å². The average Bonchev–Trinajstić information content (AvgIpc) is 3.25. The van der Waals surface area contributed by atoms with Gasteiger partial charge in [-0.25, -0.2) is 9.59 Å². The monoisotopic (exact) mass is 806 g/mol. The molecular formula is C51H50O5S2. The van der Waals surface area contributed by atoms with E-state index in [1.807, 2.05) is 23.5 Å². The molecule has 7 heteroatoms. The number of aryl methyl sites for hydroxylation is 2. The maximum Gasteiger partial charge on any atom is 0.330 e. The van der Waals surface area contributed by atoms with E-state index in [0.29, 0.717) is 19.8 Å². The van der Waals surface area contributed by atoms with Crippen LogP contribution in [-0.4, -0.2) is 36.7 Å². The first-order valence-corrected chi connectivity index (χ1v) is 21.6. The van der Waals surface area contributed by atoms with Crippen molar-refractivity contribution >= 4 is 46.2 Å². The van der Waals surface area contributed by atoms with Gasteiger partial charge in [-0.2, -0.15) is 0 Å². The Kier molecular flexibility index (Phi) is 17.7. The predicted octanol–water partition coefficient (Wildman–Crippen LogP) is 11.8. The van der Waals surface area contributed by atoms with Crippen LogP contribution in [0.2, 0.25) is 0 Å². The Bertz CT molecular complexity index is 2300. The van der Waals surface area contributed by atoms with Gasteiger partial charge in [0, 0.05) is 44.2 Å². The van der Waals surface area contributed by atoms with Crippen molar-refractivity contribution in [3.63, 3.8) is 0 Å². The van der Waals surface area contributed by atoms with E-state index in [1.54, 1.807) is 0 Å². The van der Waals surface area contributed by atoms with Crippen LogP contribution in [0.1, 0.15) is 77.5 Å². The van der Waals surface area contributed by atoms with Crippen molar-refractivity contribution in [1.29, 1.82) is 0 Å². The van der Waals surface area contributed by atoms with Crippen LogP contribution in [0.5, 0.6) is 5.75 Å². The first kappa shape index (κ1) is 43.5. The molecule has 0 atom stereocenters. The number of rotatable bonds is 19. The molecule has 0 aliphatic rings. The second kappa shape index (κ2) is 23.6. The Morgan fingerprint density at radius 1 is 0.569 bits per heavy atom. The molecule has 0 spiro atoms. The molecule has 5 rings (SSSR count). The second-order valence-electron chi connectivity index (χ2n) is 13.7. The van der Waals surface area contributed by atoms with Crippen molar-refractivity contribution in [2.45, 2.75) is 68.8 Å². The van der Waals surface area contributed by atoms with Crippen LogP contribution < -0.4 is 4.74 Å². The Morgan fingerprint density at radius 2 is 1.09 bits per heavy atom. The Morgan fingerprint density at radius 3 is 1.67 bits per heavy atom. The van der Waals surface area contributed by atoms with Crippen LogP contribution in [0.3, 0.4) is 0 Å². The van der Waals surface area contributed by atoms with Crippen LogP contribution in [0.4, 0.5) is 0 Å². The highest BCUT2D eigenvalue weighted by molar-refractivity contribution is 7.99. The fourth-order valence-corrected chi connectivity index (χ4v) is 7.69. The highest BCUT2D eigenvalue weighted by Crippen LogP contribution is 2.26. The highest BCUT2D eigenvalue weighted by atomic mass is 32.2.